The van der Waals surface area contributed by atoms with Gasteiger partial charge in [0.1, 0.15) is 0 Å². The van der Waals surface area contributed by atoms with Crippen molar-refractivity contribution in [2.45, 2.75) is 46.5 Å². The zero-order valence-electron chi connectivity index (χ0n) is 14.3. The number of hydrogen-bond acceptors (Lipinski definition) is 2. The second-order valence-electron chi connectivity index (χ2n) is 7.26. The Morgan fingerprint density at radius 3 is 2.43 bits per heavy atom. The highest BCUT2D eigenvalue weighted by atomic mass is 16.2. The first-order chi connectivity index (χ1) is 10.9. The van der Waals surface area contributed by atoms with E-state index in [4.69, 9.17) is 5.73 Å². The molecular formula is C19H28N2O2. The molecule has 23 heavy (non-hydrogen) atoms. The van der Waals surface area contributed by atoms with Gasteiger partial charge >= 0.3 is 0 Å². The number of hydrogen-bond donors (Lipinski definition) is 2. The molecule has 1 aliphatic rings. The van der Waals surface area contributed by atoms with Crippen molar-refractivity contribution in [3.8, 4) is 0 Å². The molecule has 0 spiro atoms. The van der Waals surface area contributed by atoms with Gasteiger partial charge in [-0.25, -0.2) is 0 Å². The summed E-state index contributed by atoms with van der Waals surface area (Å²) in [5.41, 5.74) is 6.83. The Labute approximate surface area is 138 Å². The minimum Gasteiger partial charge on any atom is -0.369 e. The molecule has 2 rings (SSSR count). The Morgan fingerprint density at radius 1 is 1.22 bits per heavy atom. The van der Waals surface area contributed by atoms with Gasteiger partial charge < -0.3 is 11.1 Å². The number of carbonyl (C=O) groups excluding carboxylic acids is 2. The first-order valence-electron chi connectivity index (χ1n) is 8.55. The van der Waals surface area contributed by atoms with E-state index in [1.165, 1.54) is 6.42 Å². The maximum Gasteiger partial charge on any atom is 0.227 e. The van der Waals surface area contributed by atoms with Crippen LogP contribution in [-0.2, 0) is 16.0 Å². The van der Waals surface area contributed by atoms with Crippen molar-refractivity contribution in [2.75, 3.05) is 5.32 Å². The first kappa shape index (κ1) is 17.5. The Morgan fingerprint density at radius 2 is 1.87 bits per heavy atom. The van der Waals surface area contributed by atoms with Gasteiger partial charge in [0.25, 0.3) is 0 Å². The fraction of sp³-hybridized carbons (Fsp3) is 0.579. The average molecular weight is 316 g/mol. The minimum absolute atomic E-state index is 0.0871. The first-order valence-corrected chi connectivity index (χ1v) is 8.55. The maximum atomic E-state index is 12.7. The molecule has 126 valence electrons. The Bertz CT molecular complexity index is 551. The fourth-order valence-corrected chi connectivity index (χ4v) is 3.65. The van der Waals surface area contributed by atoms with Gasteiger partial charge in [-0.3, -0.25) is 9.59 Å². The van der Waals surface area contributed by atoms with Crippen LogP contribution in [0.25, 0.3) is 0 Å². The van der Waals surface area contributed by atoms with Gasteiger partial charge in [0.15, 0.2) is 0 Å². The van der Waals surface area contributed by atoms with E-state index in [9.17, 15) is 9.59 Å². The standard InChI is InChI=1S/C19H28N2O2/c1-12(2)16-9-4-13(3)10-17(16)19(23)21-15-7-5-14(6-8-15)11-18(20)22/h5-8,12-13,16-17H,4,9-11H2,1-3H3,(H2,20,22)(H,21,23)/t13-,16?,17?/m1/s1. The number of anilines is 1. The van der Waals surface area contributed by atoms with Gasteiger partial charge in [-0.05, 0) is 48.3 Å². The summed E-state index contributed by atoms with van der Waals surface area (Å²) in [5, 5.41) is 3.04. The van der Waals surface area contributed by atoms with Gasteiger partial charge in [0.05, 0.1) is 6.42 Å². The highest BCUT2D eigenvalue weighted by Crippen LogP contribution is 2.38. The van der Waals surface area contributed by atoms with E-state index >= 15 is 0 Å². The summed E-state index contributed by atoms with van der Waals surface area (Å²) in [4.78, 5) is 23.6. The molecule has 0 aliphatic heterocycles. The second kappa shape index (κ2) is 7.62. The Hall–Kier alpha value is -1.84. The van der Waals surface area contributed by atoms with Crippen molar-refractivity contribution in [1.82, 2.24) is 0 Å². The van der Waals surface area contributed by atoms with Crippen LogP contribution in [0.4, 0.5) is 5.69 Å². The third kappa shape index (κ3) is 4.81. The van der Waals surface area contributed by atoms with E-state index in [-0.39, 0.29) is 24.2 Å². The number of primary amides is 1. The summed E-state index contributed by atoms with van der Waals surface area (Å²) in [5.74, 6) is 1.45. The van der Waals surface area contributed by atoms with Crippen LogP contribution in [0.1, 0.15) is 45.6 Å². The molecule has 0 heterocycles. The summed E-state index contributed by atoms with van der Waals surface area (Å²) in [7, 11) is 0. The SMILES string of the molecule is CC(C)C1CC[C@@H](C)CC1C(=O)Nc1ccc(CC(N)=O)cc1. The average Bonchev–Trinajstić information content (AvgIpc) is 2.48. The molecule has 0 radical (unpaired) electrons. The lowest BCUT2D eigenvalue weighted by Gasteiger charge is -2.36. The van der Waals surface area contributed by atoms with Crippen LogP contribution in [-0.4, -0.2) is 11.8 Å². The molecule has 1 fully saturated rings. The lowest BCUT2D eigenvalue weighted by molar-refractivity contribution is -0.124. The van der Waals surface area contributed by atoms with Gasteiger partial charge in [-0.2, -0.15) is 0 Å². The van der Waals surface area contributed by atoms with E-state index in [1.54, 1.807) is 0 Å². The normalized spacial score (nSPS) is 24.4. The van der Waals surface area contributed by atoms with Crippen LogP contribution in [0.2, 0.25) is 0 Å². The predicted octanol–water partition coefficient (Wildman–Crippen LogP) is 3.36. The van der Waals surface area contributed by atoms with Crippen LogP contribution in [0, 0.1) is 23.7 Å². The summed E-state index contributed by atoms with van der Waals surface area (Å²) in [6.45, 7) is 6.65. The second-order valence-corrected chi connectivity index (χ2v) is 7.26. The zero-order chi connectivity index (χ0) is 17.0. The fourth-order valence-electron chi connectivity index (χ4n) is 3.65. The van der Waals surface area contributed by atoms with E-state index in [1.807, 2.05) is 24.3 Å². The molecule has 4 nitrogen and oxygen atoms in total. The number of benzene rings is 1. The maximum absolute atomic E-state index is 12.7. The third-order valence-corrected chi connectivity index (χ3v) is 4.96. The predicted molar refractivity (Wildman–Crippen MR) is 92.8 cm³/mol. The summed E-state index contributed by atoms with van der Waals surface area (Å²) in [6, 6.07) is 7.35. The van der Waals surface area contributed by atoms with Crippen LogP contribution in [0.3, 0.4) is 0 Å². The molecule has 0 bridgehead atoms. The number of amides is 2. The van der Waals surface area contributed by atoms with Crippen molar-refractivity contribution < 1.29 is 9.59 Å². The molecule has 3 atom stereocenters. The highest BCUT2D eigenvalue weighted by Gasteiger charge is 2.35. The van der Waals surface area contributed by atoms with Gasteiger partial charge in [0, 0.05) is 11.6 Å². The molecule has 1 aromatic rings. The summed E-state index contributed by atoms with van der Waals surface area (Å²) >= 11 is 0. The Balaban J connectivity index is 2.03. The van der Waals surface area contributed by atoms with E-state index < -0.39 is 0 Å². The molecule has 0 saturated heterocycles. The lowest BCUT2D eigenvalue weighted by atomic mass is 9.70. The molecule has 3 N–H and O–H groups in total. The molecule has 1 aromatic carbocycles. The molecule has 1 aliphatic carbocycles. The number of nitrogens with two attached hydrogens (primary N) is 1. The van der Waals surface area contributed by atoms with Crippen molar-refractivity contribution in [2.24, 2.45) is 29.4 Å². The largest absolute Gasteiger partial charge is 0.369 e. The van der Waals surface area contributed by atoms with Crippen LogP contribution >= 0.6 is 0 Å². The van der Waals surface area contributed by atoms with Crippen molar-refractivity contribution >= 4 is 17.5 Å². The molecule has 1 saturated carbocycles. The molecule has 2 unspecified atom stereocenters. The third-order valence-electron chi connectivity index (χ3n) is 4.96. The number of carbonyl (C=O) groups is 2. The van der Waals surface area contributed by atoms with Gasteiger partial charge in [0.2, 0.25) is 11.8 Å². The number of rotatable bonds is 5. The topological polar surface area (TPSA) is 72.2 Å². The highest BCUT2D eigenvalue weighted by molar-refractivity contribution is 5.92. The zero-order valence-corrected chi connectivity index (χ0v) is 14.3. The van der Waals surface area contributed by atoms with Crippen LogP contribution < -0.4 is 11.1 Å². The monoisotopic (exact) mass is 316 g/mol. The van der Waals surface area contributed by atoms with E-state index in [0.717, 1.165) is 24.1 Å². The van der Waals surface area contributed by atoms with Crippen molar-refractivity contribution in [1.29, 1.82) is 0 Å². The Kier molecular flexibility index (Phi) is 5.80. The van der Waals surface area contributed by atoms with Crippen LogP contribution in [0.15, 0.2) is 24.3 Å². The molecular weight excluding hydrogens is 288 g/mol. The van der Waals surface area contributed by atoms with E-state index in [0.29, 0.717) is 17.8 Å². The van der Waals surface area contributed by atoms with Crippen molar-refractivity contribution in [3.63, 3.8) is 0 Å². The molecule has 4 heteroatoms. The summed E-state index contributed by atoms with van der Waals surface area (Å²) < 4.78 is 0. The van der Waals surface area contributed by atoms with Crippen LogP contribution in [0.5, 0.6) is 0 Å². The quantitative estimate of drug-likeness (QED) is 0.874. The molecule has 0 aromatic heterocycles. The van der Waals surface area contributed by atoms with E-state index in [2.05, 4.69) is 26.1 Å². The summed E-state index contributed by atoms with van der Waals surface area (Å²) in [6.07, 6.45) is 3.54. The van der Waals surface area contributed by atoms with Crippen molar-refractivity contribution in [3.05, 3.63) is 29.8 Å². The van der Waals surface area contributed by atoms with Gasteiger partial charge in [-0.15, -0.1) is 0 Å². The lowest BCUT2D eigenvalue weighted by Crippen LogP contribution is -2.36. The van der Waals surface area contributed by atoms with Gasteiger partial charge in [-0.1, -0.05) is 39.3 Å². The number of nitrogens with one attached hydrogen (secondary N) is 1. The molecule has 2 amide bonds. The minimum atomic E-state index is -0.349. The smallest absolute Gasteiger partial charge is 0.227 e.